The highest BCUT2D eigenvalue weighted by Crippen LogP contribution is 2.45. The number of carbonyl (C=O) groups is 4. The number of hydrogen-bond donors (Lipinski definition) is 3. The van der Waals surface area contributed by atoms with Gasteiger partial charge in [0.25, 0.3) is 0 Å². The van der Waals surface area contributed by atoms with Gasteiger partial charge in [0.15, 0.2) is 12.2 Å². The normalized spacial score (nSPS) is 14.7. The fourth-order valence-corrected chi connectivity index (χ4v) is 10.9. The average Bonchev–Trinajstić information content (AvgIpc) is 3.44. The molecule has 17 nitrogen and oxygen atoms in total. The van der Waals surface area contributed by atoms with E-state index in [1.807, 2.05) is 0 Å². The summed E-state index contributed by atoms with van der Waals surface area (Å²) in [6, 6.07) is 0. The van der Waals surface area contributed by atoms with Gasteiger partial charge in [0.1, 0.15) is 19.3 Å². The van der Waals surface area contributed by atoms with E-state index in [9.17, 15) is 43.2 Å². The molecule has 0 fully saturated rings. The lowest BCUT2D eigenvalue weighted by Crippen LogP contribution is -2.30. The van der Waals surface area contributed by atoms with Crippen LogP contribution in [0.4, 0.5) is 0 Å². The van der Waals surface area contributed by atoms with Crippen LogP contribution in [0.5, 0.6) is 0 Å². The third kappa shape index (κ3) is 55.9. The molecule has 0 aliphatic carbocycles. The number of esters is 4. The topological polar surface area (TPSA) is 237 Å². The molecule has 0 radical (unpaired) electrons. The van der Waals surface area contributed by atoms with Crippen molar-refractivity contribution in [3.05, 3.63) is 0 Å². The number of unbranched alkanes of at least 4 members (excludes halogenated alkanes) is 31. The van der Waals surface area contributed by atoms with E-state index in [1.165, 1.54) is 109 Å². The minimum absolute atomic E-state index is 0.104. The zero-order valence-corrected chi connectivity index (χ0v) is 54.6. The lowest BCUT2D eigenvalue weighted by molar-refractivity contribution is -0.161. The SMILES string of the molecule is CCCCCCCCCCC(=O)OC[C@H](COP(=O)(O)OC[C@H](O)COP(=O)(O)OC[C@@H](COC(=O)CCCCCCCCC(C)CC)OC(=O)CCCCCCCCCCCCCCCC(C)C)OC(=O)CCCCCCCCCC. The zero-order valence-electron chi connectivity index (χ0n) is 52.8. The van der Waals surface area contributed by atoms with Crippen molar-refractivity contribution >= 4 is 39.5 Å². The van der Waals surface area contributed by atoms with Crippen LogP contribution >= 0.6 is 15.6 Å². The second-order valence-electron chi connectivity index (χ2n) is 23.5. The number of carbonyl (C=O) groups excluding carboxylic acids is 4. The van der Waals surface area contributed by atoms with E-state index in [2.05, 4.69) is 41.5 Å². The van der Waals surface area contributed by atoms with Gasteiger partial charge in [-0.15, -0.1) is 0 Å². The molecule has 0 bridgehead atoms. The van der Waals surface area contributed by atoms with Crippen molar-refractivity contribution < 1.29 is 80.2 Å². The number of rotatable bonds is 62. The average molecular weight is 1210 g/mol. The number of hydrogen-bond acceptors (Lipinski definition) is 15. The van der Waals surface area contributed by atoms with Crippen LogP contribution in [0, 0.1) is 11.8 Å². The molecule has 0 aliphatic heterocycles. The van der Waals surface area contributed by atoms with E-state index in [0.29, 0.717) is 25.7 Å². The Hall–Kier alpha value is -1.94. The highest BCUT2D eigenvalue weighted by Gasteiger charge is 2.30. The van der Waals surface area contributed by atoms with Crippen LogP contribution < -0.4 is 0 Å². The summed E-state index contributed by atoms with van der Waals surface area (Å²) < 4.78 is 67.8. The van der Waals surface area contributed by atoms with Gasteiger partial charge in [0.05, 0.1) is 26.4 Å². The van der Waals surface area contributed by atoms with Crippen LogP contribution in [0.1, 0.15) is 311 Å². The van der Waals surface area contributed by atoms with E-state index in [0.717, 1.165) is 121 Å². The Bertz CT molecular complexity index is 1620. The summed E-state index contributed by atoms with van der Waals surface area (Å²) >= 11 is 0. The largest absolute Gasteiger partial charge is 0.472 e. The van der Waals surface area contributed by atoms with Crippen molar-refractivity contribution in [2.75, 3.05) is 39.6 Å². The fraction of sp³-hybridized carbons (Fsp3) is 0.937. The molecule has 3 N–H and O–H groups in total. The number of aliphatic hydroxyl groups excluding tert-OH is 1. The van der Waals surface area contributed by atoms with E-state index in [1.54, 1.807) is 0 Å². The molecule has 0 saturated heterocycles. The van der Waals surface area contributed by atoms with Crippen molar-refractivity contribution in [2.45, 2.75) is 330 Å². The number of phosphoric ester groups is 2. The van der Waals surface area contributed by atoms with Gasteiger partial charge in [-0.2, -0.15) is 0 Å². The van der Waals surface area contributed by atoms with Crippen molar-refractivity contribution in [1.29, 1.82) is 0 Å². The van der Waals surface area contributed by atoms with Gasteiger partial charge in [0, 0.05) is 25.7 Å². The van der Waals surface area contributed by atoms with Gasteiger partial charge >= 0.3 is 39.5 Å². The van der Waals surface area contributed by atoms with Crippen LogP contribution in [0.15, 0.2) is 0 Å². The van der Waals surface area contributed by atoms with Crippen molar-refractivity contribution in [3.8, 4) is 0 Å². The summed E-state index contributed by atoms with van der Waals surface area (Å²) in [4.78, 5) is 72.0. The fourth-order valence-electron chi connectivity index (χ4n) is 9.32. The molecule has 0 aliphatic rings. The standard InChI is InChI=1S/C63H122O17P2/c1-7-10-12-14-16-26-33-39-45-60(65)73-51-58(79-62(67)47-41-35-27-17-15-13-11-8-2)53-77-81(69,70)75-49-57(64)50-76-82(71,72)78-54-59(52-74-61(66)46-40-34-30-29-32-38-44-56(6)9-3)80-63(68)48-42-36-28-24-22-20-18-19-21-23-25-31-37-43-55(4)5/h55-59,64H,7-54H2,1-6H3,(H,69,70)(H,71,72)/t56?,57-,58+,59+/m0/s1. The first-order valence-electron chi connectivity index (χ1n) is 33.0. The molecule has 82 heavy (non-hydrogen) atoms. The number of phosphoric acid groups is 2. The maximum Gasteiger partial charge on any atom is 0.472 e. The second-order valence-corrected chi connectivity index (χ2v) is 26.4. The zero-order chi connectivity index (χ0) is 60.8. The quantitative estimate of drug-likeness (QED) is 0.0222. The predicted octanol–water partition coefficient (Wildman–Crippen LogP) is 17.3. The highest BCUT2D eigenvalue weighted by atomic mass is 31.2. The first-order chi connectivity index (χ1) is 39.4. The molecule has 0 saturated carbocycles. The van der Waals surface area contributed by atoms with E-state index < -0.39 is 97.5 Å². The summed E-state index contributed by atoms with van der Waals surface area (Å²) in [5, 5.41) is 10.5. The minimum atomic E-state index is -4.94. The Labute approximate surface area is 498 Å². The van der Waals surface area contributed by atoms with Gasteiger partial charge in [0.2, 0.25) is 0 Å². The highest BCUT2D eigenvalue weighted by molar-refractivity contribution is 7.47. The monoisotopic (exact) mass is 1210 g/mol. The van der Waals surface area contributed by atoms with Gasteiger partial charge in [-0.3, -0.25) is 37.3 Å². The van der Waals surface area contributed by atoms with Crippen LogP contribution in [-0.2, 0) is 65.4 Å². The molecule has 19 heteroatoms. The molecule has 0 aromatic rings. The summed E-state index contributed by atoms with van der Waals surface area (Å²) in [7, 11) is -9.88. The minimum Gasteiger partial charge on any atom is -0.462 e. The van der Waals surface area contributed by atoms with E-state index in [4.69, 9.17) is 37.0 Å². The first kappa shape index (κ1) is 80.1. The number of aliphatic hydroxyl groups is 1. The molecule has 0 aromatic carbocycles. The predicted molar refractivity (Wildman–Crippen MR) is 326 cm³/mol. The maximum absolute atomic E-state index is 13.0. The Balaban J connectivity index is 5.19. The molecule has 6 atom stereocenters. The molecular weight excluding hydrogens is 1090 g/mol. The number of ether oxygens (including phenoxy) is 4. The lowest BCUT2D eigenvalue weighted by Gasteiger charge is -2.21. The summed E-state index contributed by atoms with van der Waals surface area (Å²) in [6.45, 7) is 9.41. The van der Waals surface area contributed by atoms with Crippen molar-refractivity contribution in [2.24, 2.45) is 11.8 Å². The third-order valence-corrected chi connectivity index (χ3v) is 16.7. The van der Waals surface area contributed by atoms with Gasteiger partial charge in [-0.25, -0.2) is 9.13 Å². The summed E-state index contributed by atoms with van der Waals surface area (Å²) in [6.07, 6.45) is 37.7. The van der Waals surface area contributed by atoms with E-state index >= 15 is 0 Å². The third-order valence-electron chi connectivity index (χ3n) is 14.8. The Morgan fingerprint density at radius 1 is 0.354 bits per heavy atom. The second kappa shape index (κ2) is 55.6. The molecule has 0 rings (SSSR count). The molecule has 0 amide bonds. The van der Waals surface area contributed by atoms with Crippen LogP contribution in [0.2, 0.25) is 0 Å². The maximum atomic E-state index is 13.0. The summed E-state index contributed by atoms with van der Waals surface area (Å²) in [5.74, 6) is -0.623. The Kier molecular flexibility index (Phi) is 54.3. The molecule has 3 unspecified atom stereocenters. The van der Waals surface area contributed by atoms with Gasteiger partial charge in [-0.1, -0.05) is 260 Å². The molecule has 0 heterocycles. The van der Waals surface area contributed by atoms with Gasteiger partial charge < -0.3 is 33.8 Å². The molecule has 0 spiro atoms. The van der Waals surface area contributed by atoms with Crippen molar-refractivity contribution in [3.63, 3.8) is 0 Å². The van der Waals surface area contributed by atoms with Crippen LogP contribution in [0.3, 0.4) is 0 Å². The lowest BCUT2D eigenvalue weighted by atomic mass is 10.00. The Morgan fingerprint density at radius 3 is 0.927 bits per heavy atom. The van der Waals surface area contributed by atoms with Crippen LogP contribution in [0.25, 0.3) is 0 Å². The molecule has 486 valence electrons. The van der Waals surface area contributed by atoms with Gasteiger partial charge in [-0.05, 0) is 37.5 Å². The van der Waals surface area contributed by atoms with E-state index in [-0.39, 0.29) is 25.7 Å². The Morgan fingerprint density at radius 2 is 0.622 bits per heavy atom. The first-order valence-corrected chi connectivity index (χ1v) is 36.0. The van der Waals surface area contributed by atoms with Crippen LogP contribution in [-0.4, -0.2) is 96.7 Å². The molecular formula is C63H122O17P2. The van der Waals surface area contributed by atoms with Crippen molar-refractivity contribution in [1.82, 2.24) is 0 Å². The smallest absolute Gasteiger partial charge is 0.462 e. The molecule has 0 aromatic heterocycles. The summed E-state index contributed by atoms with van der Waals surface area (Å²) in [5.41, 5.74) is 0.